The summed E-state index contributed by atoms with van der Waals surface area (Å²) in [5, 5.41) is 13.1. The Morgan fingerprint density at radius 2 is 2.12 bits per heavy atom. The number of nitriles is 1. The Morgan fingerprint density at radius 3 is 2.82 bits per heavy atom. The Labute approximate surface area is 196 Å². The summed E-state index contributed by atoms with van der Waals surface area (Å²) in [6.07, 6.45) is 4.14. The van der Waals surface area contributed by atoms with Crippen molar-refractivity contribution >= 4 is 28.9 Å². The zero-order chi connectivity index (χ0) is 23.0. The second kappa shape index (κ2) is 8.78. The lowest BCUT2D eigenvalue weighted by atomic mass is 9.58. The number of nitrogens with one attached hydrogen (secondary N) is 2. The highest BCUT2D eigenvalue weighted by atomic mass is 32.2. The molecular weight excluding hydrogens is 439 g/mol. The first-order valence-electron chi connectivity index (χ1n) is 11.0. The lowest BCUT2D eigenvalue weighted by Gasteiger charge is -2.54. The quantitative estimate of drug-likeness (QED) is 0.481. The molecule has 1 aliphatic heterocycles. The van der Waals surface area contributed by atoms with Gasteiger partial charge in [-0.25, -0.2) is 13.7 Å². The van der Waals surface area contributed by atoms with E-state index in [4.69, 9.17) is 9.72 Å². The van der Waals surface area contributed by atoms with E-state index in [1.165, 1.54) is 18.2 Å². The first-order chi connectivity index (χ1) is 16.0. The van der Waals surface area contributed by atoms with Gasteiger partial charge in [-0.2, -0.15) is 5.26 Å². The number of nitrogens with zero attached hydrogens (tertiary/aromatic N) is 4. The Kier molecular flexibility index (Phi) is 5.83. The normalized spacial score (nSPS) is 16.9. The third kappa shape index (κ3) is 4.22. The SMILES string of the molecule is CCN(C)SNc1ccc(F)c(Oc2ccc3ncc(C4CC5(CNC5)C4)nc3c2)c1C#N. The summed E-state index contributed by atoms with van der Waals surface area (Å²) in [7, 11) is 1.92. The topological polar surface area (TPSA) is 86.1 Å². The van der Waals surface area contributed by atoms with Crippen LogP contribution in [-0.2, 0) is 0 Å². The Balaban J connectivity index is 1.39. The molecule has 9 heteroatoms. The van der Waals surface area contributed by atoms with Gasteiger partial charge in [0.25, 0.3) is 0 Å². The van der Waals surface area contributed by atoms with Gasteiger partial charge in [0.1, 0.15) is 17.4 Å². The number of anilines is 1. The molecule has 170 valence electrons. The third-order valence-corrected chi connectivity index (χ3v) is 7.39. The molecule has 33 heavy (non-hydrogen) atoms. The summed E-state index contributed by atoms with van der Waals surface area (Å²) in [4.78, 5) is 9.38. The summed E-state index contributed by atoms with van der Waals surface area (Å²) >= 11 is 1.33. The van der Waals surface area contributed by atoms with Gasteiger partial charge >= 0.3 is 0 Å². The van der Waals surface area contributed by atoms with Crippen molar-refractivity contribution in [2.45, 2.75) is 25.7 Å². The van der Waals surface area contributed by atoms with E-state index in [2.05, 4.69) is 21.1 Å². The van der Waals surface area contributed by atoms with E-state index in [-0.39, 0.29) is 11.3 Å². The maximum Gasteiger partial charge on any atom is 0.182 e. The van der Waals surface area contributed by atoms with E-state index in [9.17, 15) is 9.65 Å². The second-order valence-electron chi connectivity index (χ2n) is 8.80. The number of benzene rings is 2. The van der Waals surface area contributed by atoms with Gasteiger partial charge < -0.3 is 14.8 Å². The van der Waals surface area contributed by atoms with E-state index < -0.39 is 5.82 Å². The maximum absolute atomic E-state index is 14.7. The monoisotopic (exact) mass is 464 g/mol. The van der Waals surface area contributed by atoms with Crippen molar-refractivity contribution < 1.29 is 9.13 Å². The smallest absolute Gasteiger partial charge is 0.182 e. The van der Waals surface area contributed by atoms with Crippen molar-refractivity contribution in [2.75, 3.05) is 31.4 Å². The fourth-order valence-corrected chi connectivity index (χ4v) is 4.94. The fourth-order valence-electron chi connectivity index (χ4n) is 4.39. The Morgan fingerprint density at radius 1 is 1.30 bits per heavy atom. The molecule has 1 spiro atoms. The predicted molar refractivity (Wildman–Crippen MR) is 128 cm³/mol. The van der Waals surface area contributed by atoms with Crippen LogP contribution in [0.15, 0.2) is 36.5 Å². The van der Waals surface area contributed by atoms with E-state index in [0.29, 0.717) is 28.3 Å². The molecule has 2 heterocycles. The van der Waals surface area contributed by atoms with Crippen LogP contribution in [0.4, 0.5) is 10.1 Å². The van der Waals surface area contributed by atoms with Gasteiger partial charge in [0, 0.05) is 49.9 Å². The number of rotatable bonds is 7. The lowest BCUT2D eigenvalue weighted by molar-refractivity contribution is 0.0347. The van der Waals surface area contributed by atoms with Crippen LogP contribution in [0.3, 0.4) is 0 Å². The minimum atomic E-state index is -0.597. The first kappa shape index (κ1) is 21.9. The third-order valence-electron chi connectivity index (χ3n) is 6.51. The molecule has 5 rings (SSSR count). The number of aromatic nitrogens is 2. The van der Waals surface area contributed by atoms with Crippen molar-refractivity contribution in [1.82, 2.24) is 19.6 Å². The number of hydrogen-bond acceptors (Lipinski definition) is 8. The number of halogens is 1. The Hall–Kier alpha value is -2.93. The van der Waals surface area contributed by atoms with Gasteiger partial charge in [-0.05, 0) is 49.6 Å². The van der Waals surface area contributed by atoms with Crippen LogP contribution in [0.25, 0.3) is 11.0 Å². The molecule has 1 saturated heterocycles. The van der Waals surface area contributed by atoms with Gasteiger partial charge in [-0.15, -0.1) is 0 Å². The molecule has 0 amide bonds. The van der Waals surface area contributed by atoms with Crippen LogP contribution >= 0.6 is 12.1 Å². The van der Waals surface area contributed by atoms with Crippen molar-refractivity contribution in [3.63, 3.8) is 0 Å². The molecule has 2 fully saturated rings. The summed E-state index contributed by atoms with van der Waals surface area (Å²) in [5.41, 5.74) is 3.50. The van der Waals surface area contributed by atoms with E-state index in [1.807, 2.05) is 24.5 Å². The van der Waals surface area contributed by atoms with Crippen LogP contribution in [0, 0.1) is 22.6 Å². The minimum absolute atomic E-state index is 0.107. The summed E-state index contributed by atoms with van der Waals surface area (Å²) < 4.78 is 25.6. The zero-order valence-corrected chi connectivity index (χ0v) is 19.4. The molecule has 2 aliphatic rings. The lowest BCUT2D eigenvalue weighted by Crippen LogP contribution is -2.59. The molecule has 2 N–H and O–H groups in total. The molecule has 7 nitrogen and oxygen atoms in total. The van der Waals surface area contributed by atoms with Gasteiger partial charge in [-0.3, -0.25) is 4.98 Å². The van der Waals surface area contributed by atoms with Crippen molar-refractivity contribution in [3.8, 4) is 17.6 Å². The molecule has 0 bridgehead atoms. The standard InChI is InChI=1S/C24H25FN6OS/c1-3-31(2)33-30-19-7-5-18(25)23(17(19)11-26)32-16-4-6-20-21(8-16)29-22(12-28-20)15-9-24(10-15)13-27-14-24/h4-8,12,15,27,30H,3,9-10,13-14H2,1-2H3. The predicted octanol–water partition coefficient (Wildman–Crippen LogP) is 4.83. The largest absolute Gasteiger partial charge is 0.453 e. The van der Waals surface area contributed by atoms with Crippen molar-refractivity contribution in [1.29, 1.82) is 5.26 Å². The summed E-state index contributed by atoms with van der Waals surface area (Å²) in [5.74, 6) is 0.134. The van der Waals surface area contributed by atoms with Gasteiger partial charge in [0.2, 0.25) is 0 Å². The average Bonchev–Trinajstić information content (AvgIpc) is 2.77. The molecule has 2 aromatic carbocycles. The van der Waals surface area contributed by atoms with Gasteiger partial charge in [0.05, 0.1) is 22.4 Å². The van der Waals surface area contributed by atoms with Crippen LogP contribution in [0.2, 0.25) is 0 Å². The number of fused-ring (bicyclic) bond motifs is 1. The van der Waals surface area contributed by atoms with Crippen LogP contribution in [-0.4, -0.2) is 41.0 Å². The molecule has 0 radical (unpaired) electrons. The highest BCUT2D eigenvalue weighted by Gasteiger charge is 2.49. The molecule has 1 saturated carbocycles. The van der Waals surface area contributed by atoms with Crippen molar-refractivity contribution in [2.24, 2.45) is 5.41 Å². The summed E-state index contributed by atoms with van der Waals surface area (Å²) in [6.45, 7) is 5.01. The molecule has 0 atom stereocenters. The van der Waals surface area contributed by atoms with Gasteiger partial charge in [-0.1, -0.05) is 6.92 Å². The van der Waals surface area contributed by atoms with Crippen LogP contribution in [0.5, 0.6) is 11.5 Å². The van der Waals surface area contributed by atoms with Crippen LogP contribution in [0.1, 0.15) is 36.9 Å². The average molecular weight is 465 g/mol. The molecule has 3 aromatic rings. The minimum Gasteiger partial charge on any atom is -0.453 e. The Bertz CT molecular complexity index is 1230. The summed E-state index contributed by atoms with van der Waals surface area (Å²) in [6, 6.07) is 10.2. The number of hydrogen-bond donors (Lipinski definition) is 2. The van der Waals surface area contributed by atoms with E-state index >= 15 is 0 Å². The highest BCUT2D eigenvalue weighted by Crippen LogP contribution is 2.52. The molecular formula is C24H25FN6OS. The van der Waals surface area contributed by atoms with E-state index in [0.717, 1.165) is 43.7 Å². The zero-order valence-electron chi connectivity index (χ0n) is 18.6. The highest BCUT2D eigenvalue weighted by molar-refractivity contribution is 7.98. The fraction of sp³-hybridized carbons (Fsp3) is 0.375. The first-order valence-corrected chi connectivity index (χ1v) is 11.8. The molecule has 0 unspecified atom stereocenters. The molecule has 1 aliphatic carbocycles. The van der Waals surface area contributed by atoms with Crippen LogP contribution < -0.4 is 14.8 Å². The second-order valence-corrected chi connectivity index (χ2v) is 9.81. The van der Waals surface area contributed by atoms with Gasteiger partial charge in [0.15, 0.2) is 11.6 Å². The molecule has 1 aromatic heterocycles. The van der Waals surface area contributed by atoms with Crippen molar-refractivity contribution in [3.05, 3.63) is 53.6 Å². The van der Waals surface area contributed by atoms with E-state index in [1.54, 1.807) is 24.3 Å². The number of ether oxygens (including phenoxy) is 1. The maximum atomic E-state index is 14.7.